The molecule has 0 aliphatic rings. The first kappa shape index (κ1) is 9.67. The quantitative estimate of drug-likeness (QED) is 0.878. The van der Waals surface area contributed by atoms with Crippen LogP contribution < -0.4 is 5.73 Å². The zero-order valence-electron chi connectivity index (χ0n) is 6.87. The minimum Gasteiger partial charge on any atom is -0.365 e. The fourth-order valence-electron chi connectivity index (χ4n) is 1.03. The fourth-order valence-corrected chi connectivity index (χ4v) is 2.32. The van der Waals surface area contributed by atoms with Crippen molar-refractivity contribution in [3.63, 3.8) is 0 Å². The molecule has 2 aromatic rings. The van der Waals surface area contributed by atoms with Crippen molar-refractivity contribution in [3.05, 3.63) is 27.1 Å². The largest absolute Gasteiger partial charge is 0.365 e. The Morgan fingerprint density at radius 2 is 1.79 bits per heavy atom. The number of nitrogen functional groups attached to an aromatic ring is 1. The smallest absolute Gasteiger partial charge is 0.261 e. The van der Waals surface area contributed by atoms with E-state index in [1.807, 2.05) is 18.2 Å². The van der Waals surface area contributed by atoms with E-state index in [0.29, 0.717) is 5.89 Å². The van der Waals surface area contributed by atoms with Gasteiger partial charge in [-0.15, -0.1) is 0 Å². The number of nitrogens with two attached hydrogens (primary N) is 1. The third-order valence-corrected chi connectivity index (χ3v) is 2.47. The second kappa shape index (κ2) is 3.70. The summed E-state index contributed by atoms with van der Waals surface area (Å²) < 4.78 is 6.79. The maximum atomic E-state index is 5.35. The molecule has 1 aromatic heterocycles. The number of halogens is 2. The van der Waals surface area contributed by atoms with E-state index in [1.165, 1.54) is 0 Å². The summed E-state index contributed by atoms with van der Waals surface area (Å²) in [5.41, 5.74) is 6.17. The molecule has 0 saturated carbocycles. The lowest BCUT2D eigenvalue weighted by Gasteiger charge is -1.97. The highest BCUT2D eigenvalue weighted by Gasteiger charge is 2.07. The molecule has 0 fully saturated rings. The van der Waals surface area contributed by atoms with Gasteiger partial charge in [0.05, 0.1) is 0 Å². The summed E-state index contributed by atoms with van der Waals surface area (Å²) in [6.45, 7) is 0. The van der Waals surface area contributed by atoms with Gasteiger partial charge in [0.25, 0.3) is 11.8 Å². The molecule has 0 aliphatic heterocycles. The lowest BCUT2D eigenvalue weighted by atomic mass is 10.2. The number of hydrogen-bond donors (Lipinski definition) is 1. The van der Waals surface area contributed by atoms with Crippen LogP contribution in [0.25, 0.3) is 11.5 Å². The van der Waals surface area contributed by atoms with Crippen LogP contribution >= 0.6 is 31.9 Å². The normalized spacial score (nSPS) is 10.4. The van der Waals surface area contributed by atoms with Crippen molar-refractivity contribution in [3.8, 4) is 11.5 Å². The van der Waals surface area contributed by atoms with Gasteiger partial charge in [-0.25, -0.2) is 0 Å². The van der Waals surface area contributed by atoms with Crippen LogP contribution in [0.1, 0.15) is 0 Å². The van der Waals surface area contributed by atoms with Crippen LogP contribution in [0.15, 0.2) is 31.7 Å². The molecule has 2 N–H and O–H groups in total. The van der Waals surface area contributed by atoms with E-state index >= 15 is 0 Å². The Morgan fingerprint density at radius 1 is 1.14 bits per heavy atom. The first-order valence-corrected chi connectivity index (χ1v) is 5.29. The van der Waals surface area contributed by atoms with Crippen molar-refractivity contribution >= 4 is 37.8 Å². The van der Waals surface area contributed by atoms with Gasteiger partial charge in [0.2, 0.25) is 0 Å². The lowest BCUT2D eigenvalue weighted by Crippen LogP contribution is -1.85. The highest BCUT2D eigenvalue weighted by Crippen LogP contribution is 2.26. The van der Waals surface area contributed by atoms with Gasteiger partial charge < -0.3 is 10.3 Å². The van der Waals surface area contributed by atoms with Gasteiger partial charge in [0.1, 0.15) is 0 Å². The number of rotatable bonds is 1. The predicted molar refractivity (Wildman–Crippen MR) is 59.5 cm³/mol. The fraction of sp³-hybridized carbons (Fsp3) is 0. The average molecular weight is 319 g/mol. The molecule has 2 rings (SSSR count). The minimum atomic E-state index is 0.135. The number of hydrogen-bond acceptors (Lipinski definition) is 4. The summed E-state index contributed by atoms with van der Waals surface area (Å²) in [5.74, 6) is 0.542. The van der Waals surface area contributed by atoms with E-state index < -0.39 is 0 Å². The Bertz CT molecular complexity index is 449. The van der Waals surface area contributed by atoms with Gasteiger partial charge in [-0.3, -0.25) is 0 Å². The van der Waals surface area contributed by atoms with Crippen molar-refractivity contribution in [2.75, 3.05) is 5.73 Å². The Labute approximate surface area is 96.7 Å². The number of benzene rings is 1. The Morgan fingerprint density at radius 3 is 2.29 bits per heavy atom. The van der Waals surface area contributed by atoms with Crippen LogP contribution in [0.3, 0.4) is 0 Å². The maximum absolute atomic E-state index is 5.35. The second-order valence-corrected chi connectivity index (χ2v) is 4.45. The van der Waals surface area contributed by atoms with Crippen molar-refractivity contribution < 1.29 is 4.52 Å². The molecular formula is C8H5Br2N3O. The van der Waals surface area contributed by atoms with Crippen LogP contribution in [0.4, 0.5) is 5.95 Å². The Kier molecular flexibility index (Phi) is 2.56. The molecule has 0 spiro atoms. The molecule has 0 radical (unpaired) electrons. The first-order valence-electron chi connectivity index (χ1n) is 3.71. The zero-order chi connectivity index (χ0) is 10.1. The highest BCUT2D eigenvalue weighted by molar-refractivity contribution is 9.11. The van der Waals surface area contributed by atoms with Crippen molar-refractivity contribution in [1.29, 1.82) is 0 Å². The summed E-state index contributed by atoms with van der Waals surface area (Å²) in [6.07, 6.45) is 0. The van der Waals surface area contributed by atoms with Crippen LogP contribution in [0.2, 0.25) is 0 Å². The Balaban J connectivity index is 2.51. The summed E-state index contributed by atoms with van der Waals surface area (Å²) >= 11 is 6.73. The minimum absolute atomic E-state index is 0.135. The average Bonchev–Trinajstić information content (AvgIpc) is 2.50. The van der Waals surface area contributed by atoms with Gasteiger partial charge in [0, 0.05) is 14.5 Å². The standard InChI is InChI=1S/C8H5Br2N3O/c9-5-1-4(2-6(10)3-5)7-12-8(11)13-14-7/h1-3H,(H2,11,13). The third kappa shape index (κ3) is 1.96. The van der Waals surface area contributed by atoms with Crippen LogP contribution in [0.5, 0.6) is 0 Å². The van der Waals surface area contributed by atoms with Gasteiger partial charge in [-0.05, 0) is 23.4 Å². The number of anilines is 1. The van der Waals surface area contributed by atoms with Gasteiger partial charge >= 0.3 is 0 Å². The summed E-state index contributed by atoms with van der Waals surface area (Å²) in [5, 5.41) is 3.51. The zero-order valence-corrected chi connectivity index (χ0v) is 10.0. The highest BCUT2D eigenvalue weighted by atomic mass is 79.9. The van der Waals surface area contributed by atoms with Crippen LogP contribution in [0, 0.1) is 0 Å². The van der Waals surface area contributed by atoms with Crippen LogP contribution in [-0.2, 0) is 0 Å². The molecule has 0 saturated heterocycles. The van der Waals surface area contributed by atoms with Gasteiger partial charge in [-0.2, -0.15) is 4.98 Å². The molecule has 0 amide bonds. The molecule has 1 aromatic carbocycles. The van der Waals surface area contributed by atoms with E-state index in [2.05, 4.69) is 42.0 Å². The Hall–Kier alpha value is -0.880. The molecular weight excluding hydrogens is 314 g/mol. The molecule has 14 heavy (non-hydrogen) atoms. The van der Waals surface area contributed by atoms with Crippen molar-refractivity contribution in [2.24, 2.45) is 0 Å². The maximum Gasteiger partial charge on any atom is 0.261 e. The van der Waals surface area contributed by atoms with E-state index in [1.54, 1.807) is 0 Å². The van der Waals surface area contributed by atoms with E-state index in [4.69, 9.17) is 10.3 Å². The molecule has 1 heterocycles. The van der Waals surface area contributed by atoms with Gasteiger partial charge in [-0.1, -0.05) is 31.9 Å². The lowest BCUT2D eigenvalue weighted by molar-refractivity contribution is 0.433. The van der Waals surface area contributed by atoms with Crippen LogP contribution in [-0.4, -0.2) is 10.1 Å². The second-order valence-electron chi connectivity index (χ2n) is 2.62. The summed E-state index contributed by atoms with van der Waals surface area (Å²) in [6, 6.07) is 5.67. The molecule has 72 valence electrons. The van der Waals surface area contributed by atoms with E-state index in [-0.39, 0.29) is 5.95 Å². The first-order chi connectivity index (χ1) is 6.65. The molecule has 0 atom stereocenters. The SMILES string of the molecule is Nc1noc(-c2cc(Br)cc(Br)c2)n1. The number of aromatic nitrogens is 2. The predicted octanol–water partition coefficient (Wildman–Crippen LogP) is 2.84. The van der Waals surface area contributed by atoms with E-state index in [9.17, 15) is 0 Å². The number of nitrogens with zero attached hydrogens (tertiary/aromatic N) is 2. The summed E-state index contributed by atoms with van der Waals surface area (Å²) in [7, 11) is 0. The molecule has 0 bridgehead atoms. The third-order valence-electron chi connectivity index (χ3n) is 1.55. The summed E-state index contributed by atoms with van der Waals surface area (Å²) in [4.78, 5) is 3.92. The molecule has 6 heteroatoms. The monoisotopic (exact) mass is 317 g/mol. The van der Waals surface area contributed by atoms with Gasteiger partial charge in [0.15, 0.2) is 0 Å². The topological polar surface area (TPSA) is 64.9 Å². The molecule has 0 aliphatic carbocycles. The van der Waals surface area contributed by atoms with Crippen molar-refractivity contribution in [2.45, 2.75) is 0 Å². The molecule has 0 unspecified atom stereocenters. The van der Waals surface area contributed by atoms with E-state index in [0.717, 1.165) is 14.5 Å². The van der Waals surface area contributed by atoms with Crippen molar-refractivity contribution in [1.82, 2.24) is 10.1 Å². The molecule has 4 nitrogen and oxygen atoms in total.